The van der Waals surface area contributed by atoms with Crippen LogP contribution in [0.1, 0.15) is 25.0 Å². The summed E-state index contributed by atoms with van der Waals surface area (Å²) in [6.45, 7) is 4.79. The number of hydrogen-bond acceptors (Lipinski definition) is 2. The van der Waals surface area contributed by atoms with Crippen molar-refractivity contribution in [3.63, 3.8) is 0 Å². The van der Waals surface area contributed by atoms with Crippen LogP contribution in [-0.2, 0) is 5.41 Å². The van der Waals surface area contributed by atoms with Crippen LogP contribution in [-0.4, -0.2) is 11.4 Å². The van der Waals surface area contributed by atoms with Gasteiger partial charge in [-0.15, -0.1) is 0 Å². The van der Waals surface area contributed by atoms with Gasteiger partial charge in [-0.1, -0.05) is 141 Å². The average Bonchev–Trinajstić information content (AvgIpc) is 3.71. The van der Waals surface area contributed by atoms with E-state index in [0.717, 1.165) is 11.4 Å². The largest absolute Gasteiger partial charge is 0.376 e. The van der Waals surface area contributed by atoms with Gasteiger partial charge in [-0.3, -0.25) is 0 Å². The fourth-order valence-electron chi connectivity index (χ4n) is 10.3. The molecule has 2 aliphatic heterocycles. The molecule has 1 aliphatic carbocycles. The van der Waals surface area contributed by atoms with E-state index in [0.29, 0.717) is 0 Å². The minimum atomic E-state index is -0.210. The summed E-state index contributed by atoms with van der Waals surface area (Å²) in [5.41, 5.74) is 20.2. The topological polar surface area (TPSA) is 11.4 Å². The van der Waals surface area contributed by atoms with Gasteiger partial charge in [0.15, 0.2) is 0 Å². The lowest BCUT2D eigenvalue weighted by atomic mass is 9.43. The van der Waals surface area contributed by atoms with Gasteiger partial charge in [0.05, 0.1) is 16.7 Å². The molecular formula is C51H36BN3. The molecule has 0 unspecified atom stereocenters. The number of fused-ring (bicyclic) bond motifs is 12. The summed E-state index contributed by atoms with van der Waals surface area (Å²) in [6, 6.07) is 67.4. The van der Waals surface area contributed by atoms with Gasteiger partial charge in [-0.05, 0) is 93.3 Å². The first-order valence-electron chi connectivity index (χ1n) is 19.3. The third-order valence-corrected chi connectivity index (χ3v) is 12.5. The second-order valence-electron chi connectivity index (χ2n) is 15.7. The van der Waals surface area contributed by atoms with E-state index in [2.05, 4.69) is 210 Å². The zero-order valence-corrected chi connectivity index (χ0v) is 30.7. The molecule has 9 aromatic rings. The molecule has 0 N–H and O–H groups in total. The van der Waals surface area contributed by atoms with Crippen LogP contribution >= 0.6 is 0 Å². The zero-order valence-electron chi connectivity index (χ0n) is 30.7. The van der Waals surface area contributed by atoms with Gasteiger partial charge in [-0.25, -0.2) is 0 Å². The van der Waals surface area contributed by atoms with Crippen LogP contribution in [0.2, 0.25) is 0 Å². The molecule has 8 aromatic carbocycles. The van der Waals surface area contributed by atoms with E-state index >= 15 is 0 Å². The maximum absolute atomic E-state index is 2.69. The molecule has 258 valence electrons. The van der Waals surface area contributed by atoms with Gasteiger partial charge in [0, 0.05) is 50.2 Å². The minimum absolute atomic E-state index is 0.0534. The predicted molar refractivity (Wildman–Crippen MR) is 232 cm³/mol. The monoisotopic (exact) mass is 701 g/mol. The van der Waals surface area contributed by atoms with Crippen LogP contribution < -0.4 is 20.6 Å². The first kappa shape index (κ1) is 30.7. The van der Waals surface area contributed by atoms with Gasteiger partial charge in [-0.2, -0.15) is 0 Å². The third-order valence-electron chi connectivity index (χ3n) is 12.5. The van der Waals surface area contributed by atoms with E-state index in [4.69, 9.17) is 0 Å². The van der Waals surface area contributed by atoms with Crippen LogP contribution in [0.15, 0.2) is 182 Å². The molecule has 0 fully saturated rings. The van der Waals surface area contributed by atoms with E-state index in [1.165, 1.54) is 88.9 Å². The number of hydrogen-bond donors (Lipinski definition) is 0. The quantitative estimate of drug-likeness (QED) is 0.169. The Kier molecular flexibility index (Phi) is 6.20. The van der Waals surface area contributed by atoms with Crippen LogP contribution in [0, 0.1) is 0 Å². The Morgan fingerprint density at radius 3 is 1.93 bits per heavy atom. The van der Waals surface area contributed by atoms with Gasteiger partial charge in [0.2, 0.25) is 0 Å². The molecule has 3 aliphatic rings. The molecular weight excluding hydrogens is 665 g/mol. The first-order chi connectivity index (χ1) is 27.1. The lowest BCUT2D eigenvalue weighted by Crippen LogP contribution is -2.61. The standard InChI is InChI=1S/C51H36BN3/c1-51(2)41-26-14-12-24-36(41)37-30-31-38-40-32-45(53(33-18-6-3-7-19-33)34-20-8-4-9-21-34)46-39-25-13-16-28-43(39)54-44-29-17-15-27-42(44)52(48(40)50(46)54)55(49(38)47(37)51)35-22-10-5-11-23-35/h3-32H,1-2H3. The molecule has 0 radical (unpaired) electrons. The predicted octanol–water partition coefficient (Wildman–Crippen LogP) is 11.8. The fraction of sp³-hybridized carbons (Fsp3) is 0.0588. The van der Waals surface area contributed by atoms with Gasteiger partial charge in [0.25, 0.3) is 0 Å². The van der Waals surface area contributed by atoms with Crippen LogP contribution in [0.4, 0.5) is 28.4 Å². The summed E-state index contributed by atoms with van der Waals surface area (Å²) in [5.74, 6) is 0. The van der Waals surface area contributed by atoms with Crippen molar-refractivity contribution in [2.24, 2.45) is 0 Å². The maximum Gasteiger partial charge on any atom is 0.333 e. The zero-order chi connectivity index (χ0) is 36.4. The Hall–Kier alpha value is -6.78. The van der Waals surface area contributed by atoms with Crippen molar-refractivity contribution >= 4 is 68.0 Å². The average molecular weight is 702 g/mol. The van der Waals surface area contributed by atoms with Crippen LogP contribution in [0.3, 0.4) is 0 Å². The number of anilines is 5. The summed E-state index contributed by atoms with van der Waals surface area (Å²) in [7, 11) is 0. The van der Waals surface area contributed by atoms with E-state index in [1.54, 1.807) is 0 Å². The van der Waals surface area contributed by atoms with Gasteiger partial charge >= 0.3 is 6.85 Å². The highest BCUT2D eigenvalue weighted by atomic mass is 15.2. The van der Waals surface area contributed by atoms with Crippen molar-refractivity contribution < 1.29 is 0 Å². The van der Waals surface area contributed by atoms with Gasteiger partial charge in [0.1, 0.15) is 0 Å². The summed E-state index contributed by atoms with van der Waals surface area (Å²) >= 11 is 0. The Balaban J connectivity index is 1.31. The van der Waals surface area contributed by atoms with Crippen LogP contribution in [0.5, 0.6) is 0 Å². The number of para-hydroxylation sites is 5. The highest BCUT2D eigenvalue weighted by Crippen LogP contribution is 2.58. The maximum atomic E-state index is 2.69. The number of nitrogens with zero attached hydrogens (tertiary/aromatic N) is 3. The normalized spacial score (nSPS) is 14.1. The molecule has 0 atom stereocenters. The van der Waals surface area contributed by atoms with Crippen molar-refractivity contribution in [2.45, 2.75) is 19.3 Å². The molecule has 3 heterocycles. The molecule has 4 heteroatoms. The Labute approximate surface area is 321 Å². The molecule has 0 saturated carbocycles. The van der Waals surface area contributed by atoms with Crippen molar-refractivity contribution in [3.8, 4) is 27.9 Å². The first-order valence-corrected chi connectivity index (χ1v) is 19.3. The Morgan fingerprint density at radius 1 is 0.545 bits per heavy atom. The van der Waals surface area contributed by atoms with Gasteiger partial charge < -0.3 is 14.3 Å². The highest BCUT2D eigenvalue weighted by Gasteiger charge is 2.48. The summed E-state index contributed by atoms with van der Waals surface area (Å²) < 4.78 is 2.56. The van der Waals surface area contributed by atoms with E-state index in [1.807, 2.05) is 0 Å². The molecule has 0 amide bonds. The molecule has 0 saturated heterocycles. The summed E-state index contributed by atoms with van der Waals surface area (Å²) in [6.07, 6.45) is 0. The fourth-order valence-corrected chi connectivity index (χ4v) is 10.3. The lowest BCUT2D eigenvalue weighted by molar-refractivity contribution is 0.661. The summed E-state index contributed by atoms with van der Waals surface area (Å²) in [5, 5.41) is 2.53. The van der Waals surface area contributed by atoms with Crippen molar-refractivity contribution in [3.05, 3.63) is 193 Å². The number of rotatable bonds is 4. The molecule has 0 spiro atoms. The SMILES string of the molecule is CC1(C)c2ccccc2-c2ccc3c(c21)N(c1ccccc1)B1c2ccccc2-n2c4ccccc4c4c(N(c5ccccc5)c5ccccc5)cc-3c1c42. The lowest BCUT2D eigenvalue weighted by Gasteiger charge is -2.44. The van der Waals surface area contributed by atoms with Crippen molar-refractivity contribution in [2.75, 3.05) is 9.71 Å². The molecule has 55 heavy (non-hydrogen) atoms. The summed E-state index contributed by atoms with van der Waals surface area (Å²) in [4.78, 5) is 5.16. The van der Waals surface area contributed by atoms with Crippen molar-refractivity contribution in [1.29, 1.82) is 0 Å². The van der Waals surface area contributed by atoms with E-state index in [-0.39, 0.29) is 12.3 Å². The second kappa shape index (κ2) is 11.1. The number of aromatic nitrogens is 1. The van der Waals surface area contributed by atoms with Crippen LogP contribution in [0.25, 0.3) is 49.7 Å². The smallest absolute Gasteiger partial charge is 0.333 e. The molecule has 3 nitrogen and oxygen atoms in total. The molecule has 0 bridgehead atoms. The highest BCUT2D eigenvalue weighted by molar-refractivity contribution is 6.93. The number of benzene rings is 8. The second-order valence-corrected chi connectivity index (χ2v) is 15.7. The minimum Gasteiger partial charge on any atom is -0.376 e. The Morgan fingerprint density at radius 2 is 1.16 bits per heavy atom. The molecule has 12 rings (SSSR count). The van der Waals surface area contributed by atoms with Crippen molar-refractivity contribution in [1.82, 2.24) is 4.57 Å². The third kappa shape index (κ3) is 4.01. The van der Waals surface area contributed by atoms with E-state index < -0.39 is 0 Å². The molecule has 1 aromatic heterocycles. The Bertz CT molecular complexity index is 2980. The van der Waals surface area contributed by atoms with E-state index in [9.17, 15) is 0 Å².